The van der Waals surface area contributed by atoms with E-state index in [0.717, 1.165) is 16.3 Å². The van der Waals surface area contributed by atoms with Crippen molar-refractivity contribution in [2.24, 2.45) is 5.10 Å². The molecule has 1 aromatic carbocycles. The molecule has 0 aliphatic rings. The zero-order valence-corrected chi connectivity index (χ0v) is 11.4. The summed E-state index contributed by atoms with van der Waals surface area (Å²) < 4.78 is 0. The topological polar surface area (TPSA) is 93.4 Å². The van der Waals surface area contributed by atoms with Crippen LogP contribution in [0.5, 0.6) is 0 Å². The summed E-state index contributed by atoms with van der Waals surface area (Å²) in [5, 5.41) is 22.2. The Morgan fingerprint density at radius 2 is 1.60 bits per heavy atom. The van der Waals surface area contributed by atoms with Crippen molar-refractivity contribution in [2.75, 3.05) is 32.1 Å². The van der Waals surface area contributed by atoms with Crippen molar-refractivity contribution in [2.45, 2.75) is 0 Å². The second-order valence-electron chi connectivity index (χ2n) is 4.34. The number of carboxylic acid groups (broad SMARTS) is 2. The van der Waals surface area contributed by atoms with Crippen LogP contribution in [-0.4, -0.2) is 60.6 Å². The Labute approximate surface area is 116 Å². The van der Waals surface area contributed by atoms with E-state index in [4.69, 9.17) is 10.2 Å². The molecule has 0 radical (unpaired) electrons. The normalized spacial score (nSPS) is 10.5. The zero-order valence-electron chi connectivity index (χ0n) is 11.4. The van der Waals surface area contributed by atoms with Crippen molar-refractivity contribution >= 4 is 23.8 Å². The summed E-state index contributed by atoms with van der Waals surface area (Å²) in [6.45, 7) is -0.919. The fourth-order valence-electron chi connectivity index (χ4n) is 1.46. The third kappa shape index (κ3) is 5.38. The first-order chi connectivity index (χ1) is 9.38. The van der Waals surface area contributed by atoms with Crippen LogP contribution in [0.25, 0.3) is 0 Å². The molecule has 1 rings (SSSR count). The van der Waals surface area contributed by atoms with Gasteiger partial charge in [-0.15, -0.1) is 0 Å². The molecular formula is C13H17N3O4. The van der Waals surface area contributed by atoms with E-state index in [9.17, 15) is 9.59 Å². The number of anilines is 1. The first kappa shape index (κ1) is 15.5. The highest BCUT2D eigenvalue weighted by molar-refractivity contribution is 5.80. The molecule has 0 atom stereocenters. The highest BCUT2D eigenvalue weighted by atomic mass is 16.4. The molecule has 0 fully saturated rings. The van der Waals surface area contributed by atoms with Crippen LogP contribution >= 0.6 is 0 Å². The van der Waals surface area contributed by atoms with E-state index in [-0.39, 0.29) is 0 Å². The van der Waals surface area contributed by atoms with Gasteiger partial charge in [-0.2, -0.15) is 5.10 Å². The Bertz CT molecular complexity index is 481. The van der Waals surface area contributed by atoms with Gasteiger partial charge in [-0.05, 0) is 17.7 Å². The van der Waals surface area contributed by atoms with Crippen molar-refractivity contribution < 1.29 is 19.8 Å². The fourth-order valence-corrected chi connectivity index (χ4v) is 1.46. The summed E-state index contributed by atoms with van der Waals surface area (Å²) in [7, 11) is 3.84. The molecule has 0 aliphatic carbocycles. The summed E-state index contributed by atoms with van der Waals surface area (Å²) in [6, 6.07) is 7.41. The summed E-state index contributed by atoms with van der Waals surface area (Å²) in [5.41, 5.74) is 1.78. The van der Waals surface area contributed by atoms with E-state index in [2.05, 4.69) is 5.10 Å². The van der Waals surface area contributed by atoms with E-state index in [1.54, 1.807) is 0 Å². The molecular weight excluding hydrogens is 262 g/mol. The summed E-state index contributed by atoms with van der Waals surface area (Å²) >= 11 is 0. The Balaban J connectivity index is 2.75. The SMILES string of the molecule is CN(C)c1ccc(/C=N\N(CC(=O)O)CC(=O)O)cc1. The van der Waals surface area contributed by atoms with Crippen LogP contribution in [0.15, 0.2) is 29.4 Å². The maximum atomic E-state index is 10.6. The number of nitrogens with zero attached hydrogens (tertiary/aromatic N) is 3. The van der Waals surface area contributed by atoms with Gasteiger partial charge < -0.3 is 15.1 Å². The number of hydrazone groups is 1. The predicted octanol–water partition coefficient (Wildman–Crippen LogP) is 0.558. The Hall–Kier alpha value is -2.57. The molecule has 108 valence electrons. The molecule has 0 aliphatic heterocycles. The molecule has 0 aromatic heterocycles. The third-order valence-electron chi connectivity index (χ3n) is 2.42. The van der Waals surface area contributed by atoms with Crippen LogP contribution in [0, 0.1) is 0 Å². The van der Waals surface area contributed by atoms with Gasteiger partial charge in [0.2, 0.25) is 0 Å². The second-order valence-corrected chi connectivity index (χ2v) is 4.34. The predicted molar refractivity (Wildman–Crippen MR) is 75.2 cm³/mol. The molecule has 0 amide bonds. The highest BCUT2D eigenvalue weighted by Gasteiger charge is 2.10. The lowest BCUT2D eigenvalue weighted by Gasteiger charge is -2.14. The van der Waals surface area contributed by atoms with Gasteiger partial charge in [-0.25, -0.2) is 0 Å². The number of carboxylic acids is 2. The van der Waals surface area contributed by atoms with Gasteiger partial charge in [0, 0.05) is 19.8 Å². The standard InChI is InChI=1S/C13H17N3O4/c1-15(2)11-5-3-10(4-6-11)7-14-16(8-12(17)18)9-13(19)20/h3-7H,8-9H2,1-2H3,(H,17,18)(H,19,20)/b14-7-. The first-order valence-electron chi connectivity index (χ1n) is 5.88. The lowest BCUT2D eigenvalue weighted by molar-refractivity contribution is -0.141. The van der Waals surface area contributed by atoms with Crippen LogP contribution in [0.3, 0.4) is 0 Å². The van der Waals surface area contributed by atoms with Gasteiger partial charge in [0.1, 0.15) is 13.1 Å². The molecule has 0 saturated carbocycles. The fraction of sp³-hybridized carbons (Fsp3) is 0.308. The Kier molecular flexibility index (Phi) is 5.52. The minimum atomic E-state index is -1.13. The number of carbonyl (C=O) groups is 2. The van der Waals surface area contributed by atoms with Crippen molar-refractivity contribution in [1.29, 1.82) is 0 Å². The smallest absolute Gasteiger partial charge is 0.324 e. The number of aliphatic carboxylic acids is 2. The van der Waals surface area contributed by atoms with Crippen LogP contribution in [-0.2, 0) is 9.59 Å². The minimum absolute atomic E-state index is 0.460. The van der Waals surface area contributed by atoms with Crippen molar-refractivity contribution in [3.8, 4) is 0 Å². The third-order valence-corrected chi connectivity index (χ3v) is 2.42. The van der Waals surface area contributed by atoms with Crippen molar-refractivity contribution in [1.82, 2.24) is 5.01 Å². The van der Waals surface area contributed by atoms with Crippen molar-refractivity contribution in [3.05, 3.63) is 29.8 Å². The number of hydrogen-bond acceptors (Lipinski definition) is 5. The van der Waals surface area contributed by atoms with Gasteiger partial charge in [-0.1, -0.05) is 12.1 Å². The summed E-state index contributed by atoms with van der Waals surface area (Å²) in [6.07, 6.45) is 1.44. The molecule has 0 saturated heterocycles. The average molecular weight is 279 g/mol. The molecule has 0 unspecified atom stereocenters. The van der Waals surface area contributed by atoms with Gasteiger partial charge in [0.15, 0.2) is 0 Å². The lowest BCUT2D eigenvalue weighted by atomic mass is 10.2. The molecule has 0 spiro atoms. The summed E-state index contributed by atoms with van der Waals surface area (Å²) in [5.74, 6) is -2.27. The molecule has 0 bridgehead atoms. The molecule has 1 aromatic rings. The minimum Gasteiger partial charge on any atom is -0.480 e. The lowest BCUT2D eigenvalue weighted by Crippen LogP contribution is -2.30. The Morgan fingerprint density at radius 1 is 1.10 bits per heavy atom. The van der Waals surface area contributed by atoms with Crippen LogP contribution in [0.4, 0.5) is 5.69 Å². The number of hydrogen-bond donors (Lipinski definition) is 2. The molecule has 20 heavy (non-hydrogen) atoms. The van der Waals surface area contributed by atoms with E-state index >= 15 is 0 Å². The van der Waals surface area contributed by atoms with E-state index < -0.39 is 25.0 Å². The second kappa shape index (κ2) is 7.13. The van der Waals surface area contributed by atoms with E-state index in [0.29, 0.717) is 0 Å². The van der Waals surface area contributed by atoms with Gasteiger partial charge in [-0.3, -0.25) is 14.6 Å². The van der Waals surface area contributed by atoms with E-state index in [1.165, 1.54) is 6.21 Å². The zero-order chi connectivity index (χ0) is 15.1. The monoisotopic (exact) mass is 279 g/mol. The van der Waals surface area contributed by atoms with Crippen molar-refractivity contribution in [3.63, 3.8) is 0 Å². The maximum absolute atomic E-state index is 10.6. The van der Waals surface area contributed by atoms with Gasteiger partial charge in [0.05, 0.1) is 6.21 Å². The van der Waals surface area contributed by atoms with Gasteiger partial charge in [0.25, 0.3) is 0 Å². The average Bonchev–Trinajstić information content (AvgIpc) is 2.35. The number of benzene rings is 1. The van der Waals surface area contributed by atoms with Crippen LogP contribution in [0.1, 0.15) is 5.56 Å². The van der Waals surface area contributed by atoms with Crippen LogP contribution in [0.2, 0.25) is 0 Å². The highest BCUT2D eigenvalue weighted by Crippen LogP contribution is 2.11. The molecule has 0 heterocycles. The van der Waals surface area contributed by atoms with Gasteiger partial charge >= 0.3 is 11.9 Å². The summed E-state index contributed by atoms with van der Waals surface area (Å²) in [4.78, 5) is 23.2. The first-order valence-corrected chi connectivity index (χ1v) is 5.88. The maximum Gasteiger partial charge on any atom is 0.324 e. The largest absolute Gasteiger partial charge is 0.480 e. The van der Waals surface area contributed by atoms with Crippen LogP contribution < -0.4 is 4.90 Å². The molecule has 2 N–H and O–H groups in total. The number of rotatable bonds is 7. The molecule has 7 nitrogen and oxygen atoms in total. The van der Waals surface area contributed by atoms with E-state index in [1.807, 2.05) is 43.3 Å². The quantitative estimate of drug-likeness (QED) is 0.559. The molecule has 7 heteroatoms. The Morgan fingerprint density at radius 3 is 2.00 bits per heavy atom.